The van der Waals surface area contributed by atoms with E-state index in [4.69, 9.17) is 11.6 Å². The third kappa shape index (κ3) is 4.36. The predicted octanol–water partition coefficient (Wildman–Crippen LogP) is 3.18. The van der Waals surface area contributed by atoms with Crippen molar-refractivity contribution < 1.29 is 18.9 Å². The van der Waals surface area contributed by atoms with E-state index < -0.39 is 16.8 Å². The van der Waals surface area contributed by atoms with Crippen molar-refractivity contribution in [3.8, 4) is 0 Å². The van der Waals surface area contributed by atoms with Crippen molar-refractivity contribution in [2.75, 3.05) is 5.32 Å². The van der Waals surface area contributed by atoms with Crippen LogP contribution in [-0.2, 0) is 16.0 Å². The molecule has 8 heteroatoms. The number of benzene rings is 2. The maximum Gasteiger partial charge on any atom is 0.293 e. The molecular weight excluding hydrogens is 339 g/mol. The Labute approximate surface area is 141 Å². The van der Waals surface area contributed by atoms with E-state index in [1.54, 1.807) is 0 Å². The van der Waals surface area contributed by atoms with Gasteiger partial charge in [0.2, 0.25) is 5.91 Å². The number of aldehydes is 1. The second-order valence-corrected chi connectivity index (χ2v) is 5.36. The molecule has 0 radical (unpaired) electrons. The van der Waals surface area contributed by atoms with Gasteiger partial charge < -0.3 is 5.32 Å². The fourth-order valence-electron chi connectivity index (χ4n) is 2.07. The monoisotopic (exact) mass is 350 g/mol. The van der Waals surface area contributed by atoms with Crippen LogP contribution in [0.25, 0.3) is 0 Å². The van der Waals surface area contributed by atoms with Crippen molar-refractivity contribution in [1.29, 1.82) is 0 Å². The van der Waals surface area contributed by atoms with Crippen LogP contribution in [0.1, 0.15) is 17.2 Å². The number of nitrogens with one attached hydrogen (secondary N) is 1. The van der Waals surface area contributed by atoms with Crippen molar-refractivity contribution in [1.82, 2.24) is 0 Å². The molecule has 0 aromatic heterocycles. The first-order chi connectivity index (χ1) is 11.4. The number of hydrogen-bond donors (Lipinski definition) is 1. The Morgan fingerprint density at radius 1 is 1.29 bits per heavy atom. The Morgan fingerprint density at radius 2 is 1.96 bits per heavy atom. The Hall–Kier alpha value is -2.80. The minimum absolute atomic E-state index is 0.00313. The number of halogens is 2. The predicted molar refractivity (Wildman–Crippen MR) is 86.0 cm³/mol. The zero-order valence-electron chi connectivity index (χ0n) is 12.2. The van der Waals surface area contributed by atoms with Gasteiger partial charge in [-0.3, -0.25) is 19.7 Å². The maximum absolute atomic E-state index is 12.8. The minimum atomic E-state index is -1.55. The quantitative estimate of drug-likeness (QED) is 0.492. The van der Waals surface area contributed by atoms with Crippen LogP contribution in [0.15, 0.2) is 42.5 Å². The summed E-state index contributed by atoms with van der Waals surface area (Å²) in [5.41, 5.74) is 1.02. The highest BCUT2D eigenvalue weighted by molar-refractivity contribution is 6.31. The van der Waals surface area contributed by atoms with E-state index in [0.717, 1.165) is 0 Å². The first-order valence-corrected chi connectivity index (χ1v) is 7.21. The lowest BCUT2D eigenvalue weighted by atomic mass is 10.1. The third-order valence-corrected chi connectivity index (χ3v) is 3.56. The molecule has 6 nitrogen and oxygen atoms in total. The van der Waals surface area contributed by atoms with Crippen LogP contribution in [0.2, 0.25) is 5.02 Å². The van der Waals surface area contributed by atoms with E-state index in [0.29, 0.717) is 11.3 Å². The largest absolute Gasteiger partial charge is 0.326 e. The average molecular weight is 351 g/mol. The summed E-state index contributed by atoms with van der Waals surface area (Å²) in [5.74, 6) is -0.747. The normalized spacial score (nSPS) is 11.6. The van der Waals surface area contributed by atoms with Crippen LogP contribution in [-0.4, -0.2) is 17.1 Å². The molecule has 0 bridgehead atoms. The highest BCUT2D eigenvalue weighted by Crippen LogP contribution is 2.27. The summed E-state index contributed by atoms with van der Waals surface area (Å²) in [4.78, 5) is 32.8. The van der Waals surface area contributed by atoms with E-state index in [-0.39, 0.29) is 29.2 Å². The molecule has 1 amide bonds. The molecule has 1 N–H and O–H groups in total. The molecule has 0 saturated heterocycles. The van der Waals surface area contributed by atoms with Crippen molar-refractivity contribution >= 4 is 29.5 Å². The second-order valence-electron chi connectivity index (χ2n) is 4.95. The lowest BCUT2D eigenvalue weighted by molar-refractivity contribution is -0.511. The van der Waals surface area contributed by atoms with Gasteiger partial charge in [0, 0.05) is 10.6 Å². The summed E-state index contributed by atoms with van der Waals surface area (Å²) in [7, 11) is 0. The minimum Gasteiger partial charge on any atom is -0.326 e. The lowest BCUT2D eigenvalue weighted by Crippen LogP contribution is -2.15. The van der Waals surface area contributed by atoms with Crippen LogP contribution in [0.4, 0.5) is 10.1 Å². The van der Waals surface area contributed by atoms with E-state index in [1.165, 1.54) is 42.5 Å². The Balaban J connectivity index is 2.08. The molecule has 2 aromatic rings. The first-order valence-electron chi connectivity index (χ1n) is 6.83. The smallest absolute Gasteiger partial charge is 0.293 e. The molecular formula is C16H12ClFN2O4. The van der Waals surface area contributed by atoms with Crippen LogP contribution in [0, 0.1) is 15.9 Å². The van der Waals surface area contributed by atoms with Gasteiger partial charge in [0.05, 0.1) is 17.0 Å². The third-order valence-electron chi connectivity index (χ3n) is 3.24. The van der Waals surface area contributed by atoms with Gasteiger partial charge in [-0.25, -0.2) is 4.39 Å². The molecule has 2 rings (SSSR count). The highest BCUT2D eigenvalue weighted by atomic mass is 35.5. The molecule has 1 atom stereocenters. The number of amides is 1. The number of rotatable bonds is 6. The molecule has 24 heavy (non-hydrogen) atoms. The average Bonchev–Trinajstić information content (AvgIpc) is 2.52. The number of hydrogen-bond acceptors (Lipinski definition) is 4. The number of nitro groups is 1. The van der Waals surface area contributed by atoms with Gasteiger partial charge in [0.25, 0.3) is 6.04 Å². The summed E-state index contributed by atoms with van der Waals surface area (Å²) < 4.78 is 12.8. The van der Waals surface area contributed by atoms with Crippen LogP contribution in [0.5, 0.6) is 0 Å². The zero-order valence-corrected chi connectivity index (χ0v) is 13.0. The SMILES string of the molecule is O=CC(c1ccc(NC(=O)Cc2ccc(F)cc2)cc1Cl)[N+](=O)[O-]. The summed E-state index contributed by atoms with van der Waals surface area (Å²) in [6, 6.07) is 8.02. The molecule has 1 unspecified atom stereocenters. The van der Waals surface area contributed by atoms with Crippen LogP contribution < -0.4 is 5.32 Å². The maximum atomic E-state index is 12.8. The molecule has 0 heterocycles. The summed E-state index contributed by atoms with van der Waals surface area (Å²) in [5, 5.41) is 13.4. The van der Waals surface area contributed by atoms with Crippen molar-refractivity contribution in [2.24, 2.45) is 0 Å². The van der Waals surface area contributed by atoms with Gasteiger partial charge in [0.15, 0.2) is 6.29 Å². The lowest BCUT2D eigenvalue weighted by Gasteiger charge is -2.09. The second kappa shape index (κ2) is 7.65. The standard InChI is InChI=1S/C16H12ClFN2O4/c17-14-8-12(5-6-13(14)15(9-21)20(23)24)19-16(22)7-10-1-3-11(18)4-2-10/h1-6,8-9,15H,7H2,(H,19,22). The number of carbonyl (C=O) groups excluding carboxylic acids is 2. The Kier molecular flexibility index (Phi) is 5.59. The molecule has 2 aromatic carbocycles. The molecule has 0 aliphatic heterocycles. The van der Waals surface area contributed by atoms with E-state index in [2.05, 4.69) is 5.32 Å². The summed E-state index contributed by atoms with van der Waals surface area (Å²) in [6.07, 6.45) is 0.222. The number of anilines is 1. The highest BCUT2D eigenvalue weighted by Gasteiger charge is 2.24. The molecule has 0 aliphatic rings. The zero-order chi connectivity index (χ0) is 17.7. The van der Waals surface area contributed by atoms with Gasteiger partial charge in [0.1, 0.15) is 5.82 Å². The van der Waals surface area contributed by atoms with Gasteiger partial charge in [-0.1, -0.05) is 23.7 Å². The van der Waals surface area contributed by atoms with Crippen LogP contribution >= 0.6 is 11.6 Å². The van der Waals surface area contributed by atoms with Gasteiger partial charge >= 0.3 is 0 Å². The topological polar surface area (TPSA) is 89.3 Å². The number of carbonyl (C=O) groups is 2. The van der Waals surface area contributed by atoms with E-state index in [9.17, 15) is 24.1 Å². The van der Waals surface area contributed by atoms with Gasteiger partial charge in [-0.05, 0) is 35.9 Å². The molecule has 0 saturated carbocycles. The molecule has 0 fully saturated rings. The van der Waals surface area contributed by atoms with Crippen LogP contribution in [0.3, 0.4) is 0 Å². The fourth-order valence-corrected chi connectivity index (χ4v) is 2.37. The molecule has 0 spiro atoms. The fraction of sp³-hybridized carbons (Fsp3) is 0.125. The van der Waals surface area contributed by atoms with E-state index in [1.807, 2.05) is 0 Å². The van der Waals surface area contributed by atoms with Gasteiger partial charge in [-0.15, -0.1) is 0 Å². The first kappa shape index (κ1) is 17.6. The van der Waals surface area contributed by atoms with Crippen molar-refractivity contribution in [3.63, 3.8) is 0 Å². The Bertz CT molecular complexity index is 780. The van der Waals surface area contributed by atoms with Crippen molar-refractivity contribution in [2.45, 2.75) is 12.5 Å². The number of nitrogens with zero attached hydrogens (tertiary/aromatic N) is 1. The van der Waals surface area contributed by atoms with Gasteiger partial charge in [-0.2, -0.15) is 0 Å². The summed E-state index contributed by atoms with van der Waals surface area (Å²) in [6.45, 7) is 0. The molecule has 124 valence electrons. The Morgan fingerprint density at radius 3 is 2.50 bits per heavy atom. The van der Waals surface area contributed by atoms with Crippen molar-refractivity contribution in [3.05, 3.63) is 74.5 Å². The summed E-state index contributed by atoms with van der Waals surface area (Å²) >= 11 is 5.95. The van der Waals surface area contributed by atoms with E-state index >= 15 is 0 Å². The molecule has 0 aliphatic carbocycles.